The highest BCUT2D eigenvalue weighted by Crippen LogP contribution is 2.34. The molecule has 1 nitrogen and oxygen atoms in total. The molecule has 0 aliphatic heterocycles. The van der Waals surface area contributed by atoms with E-state index >= 15 is 0 Å². The fraction of sp³-hybridized carbons (Fsp3) is 0.286. The van der Waals surface area contributed by atoms with E-state index in [4.69, 9.17) is 4.42 Å². The van der Waals surface area contributed by atoms with Crippen LogP contribution < -0.4 is 0 Å². The minimum Gasteiger partial charge on any atom is -0.464 e. The number of aryl methyl sites for hydroxylation is 1. The minimum absolute atomic E-state index is 0.985. The predicted octanol–water partition coefficient (Wildman–Crippen LogP) is 8.80. The first-order chi connectivity index (χ1) is 14.3. The fourth-order valence-corrected chi connectivity index (χ4v) is 4.63. The Morgan fingerprint density at radius 2 is 1.38 bits per heavy atom. The van der Waals surface area contributed by atoms with Gasteiger partial charge in [-0.3, -0.25) is 0 Å². The van der Waals surface area contributed by atoms with Gasteiger partial charge in [0.25, 0.3) is 0 Å². The van der Waals surface area contributed by atoms with E-state index in [1.807, 2.05) is 6.07 Å². The van der Waals surface area contributed by atoms with E-state index in [0.717, 1.165) is 11.0 Å². The third-order valence-electron chi connectivity index (χ3n) is 6.27. The van der Waals surface area contributed by atoms with Crippen LogP contribution in [0.1, 0.15) is 51.0 Å². The topological polar surface area (TPSA) is 13.1 Å². The van der Waals surface area contributed by atoms with Gasteiger partial charge in [-0.15, -0.1) is 0 Å². The maximum Gasteiger partial charge on any atom is 0.141 e. The summed E-state index contributed by atoms with van der Waals surface area (Å²) >= 11 is 0. The maximum absolute atomic E-state index is 5.75. The molecule has 0 atom stereocenters. The molecule has 0 saturated heterocycles. The van der Waals surface area contributed by atoms with Crippen LogP contribution in [0.3, 0.4) is 0 Å². The lowest BCUT2D eigenvalue weighted by Crippen LogP contribution is -1.87. The second-order valence-corrected chi connectivity index (χ2v) is 8.34. The first-order valence-corrected chi connectivity index (χ1v) is 11.1. The molecule has 0 spiro atoms. The van der Waals surface area contributed by atoms with Crippen LogP contribution in [-0.4, -0.2) is 0 Å². The molecule has 5 aromatic rings. The molecule has 0 unspecified atom stereocenters. The van der Waals surface area contributed by atoms with Gasteiger partial charge < -0.3 is 4.42 Å². The first-order valence-electron chi connectivity index (χ1n) is 11.1. The zero-order valence-corrected chi connectivity index (χ0v) is 17.2. The van der Waals surface area contributed by atoms with Crippen molar-refractivity contribution in [3.05, 3.63) is 72.5 Å². The third kappa shape index (κ3) is 3.51. The Balaban J connectivity index is 1.47. The quantitative estimate of drug-likeness (QED) is 0.156. The van der Waals surface area contributed by atoms with Crippen LogP contribution in [0.4, 0.5) is 0 Å². The average molecular weight is 381 g/mol. The van der Waals surface area contributed by atoms with Crippen LogP contribution >= 0.6 is 0 Å². The van der Waals surface area contributed by atoms with E-state index in [-0.39, 0.29) is 0 Å². The number of unbranched alkanes of at least 4 members (excludes halogenated alkanes) is 5. The van der Waals surface area contributed by atoms with Crippen LogP contribution in [0, 0.1) is 0 Å². The smallest absolute Gasteiger partial charge is 0.141 e. The summed E-state index contributed by atoms with van der Waals surface area (Å²) in [6.45, 7) is 2.28. The van der Waals surface area contributed by atoms with Crippen molar-refractivity contribution in [3.63, 3.8) is 0 Å². The SMILES string of the molecule is CCCCCCCCc1ccc2cc3c(ccc4c3ccc3ccoc34)cc2c1. The van der Waals surface area contributed by atoms with Crippen LogP contribution in [0.5, 0.6) is 0 Å². The van der Waals surface area contributed by atoms with Gasteiger partial charge >= 0.3 is 0 Å². The number of fused-ring (bicyclic) bond motifs is 6. The molecule has 0 fully saturated rings. The van der Waals surface area contributed by atoms with Gasteiger partial charge in [0.05, 0.1) is 6.26 Å². The average Bonchev–Trinajstić information content (AvgIpc) is 3.23. The minimum atomic E-state index is 0.985. The zero-order chi connectivity index (χ0) is 19.6. The number of hydrogen-bond donors (Lipinski definition) is 0. The maximum atomic E-state index is 5.75. The van der Waals surface area contributed by atoms with Crippen LogP contribution in [0.15, 0.2) is 71.3 Å². The molecule has 0 radical (unpaired) electrons. The van der Waals surface area contributed by atoms with Crippen molar-refractivity contribution in [1.29, 1.82) is 0 Å². The summed E-state index contributed by atoms with van der Waals surface area (Å²) in [5, 5.41) is 8.89. The van der Waals surface area contributed by atoms with Gasteiger partial charge in [-0.2, -0.15) is 0 Å². The molecule has 0 aliphatic carbocycles. The van der Waals surface area contributed by atoms with Crippen molar-refractivity contribution in [1.82, 2.24) is 0 Å². The molecule has 5 rings (SSSR count). The van der Waals surface area contributed by atoms with E-state index in [0.29, 0.717) is 0 Å². The largest absolute Gasteiger partial charge is 0.464 e. The molecule has 4 aromatic carbocycles. The van der Waals surface area contributed by atoms with Gasteiger partial charge in [0.2, 0.25) is 0 Å². The Hall–Kier alpha value is -2.80. The molecule has 29 heavy (non-hydrogen) atoms. The van der Waals surface area contributed by atoms with Crippen LogP contribution in [0.25, 0.3) is 43.3 Å². The molecule has 0 N–H and O–H groups in total. The Morgan fingerprint density at radius 3 is 2.31 bits per heavy atom. The highest BCUT2D eigenvalue weighted by atomic mass is 16.3. The molecule has 146 valence electrons. The number of rotatable bonds is 7. The van der Waals surface area contributed by atoms with Crippen molar-refractivity contribution < 1.29 is 4.42 Å². The van der Waals surface area contributed by atoms with Crippen LogP contribution in [-0.2, 0) is 6.42 Å². The summed E-state index contributed by atoms with van der Waals surface area (Å²) < 4.78 is 5.75. The highest BCUT2D eigenvalue weighted by Gasteiger charge is 2.08. The van der Waals surface area contributed by atoms with Gasteiger partial charge in [0, 0.05) is 10.8 Å². The Bertz CT molecular complexity index is 1290. The molecule has 0 aliphatic rings. The molecule has 1 aromatic heterocycles. The second-order valence-electron chi connectivity index (χ2n) is 8.34. The third-order valence-corrected chi connectivity index (χ3v) is 6.27. The summed E-state index contributed by atoms with van der Waals surface area (Å²) in [5.74, 6) is 0. The van der Waals surface area contributed by atoms with Crippen molar-refractivity contribution in [2.75, 3.05) is 0 Å². The van der Waals surface area contributed by atoms with Crippen LogP contribution in [0.2, 0.25) is 0 Å². The van der Waals surface area contributed by atoms with Crippen molar-refractivity contribution in [2.24, 2.45) is 0 Å². The first kappa shape index (κ1) is 18.2. The summed E-state index contributed by atoms with van der Waals surface area (Å²) in [6.07, 6.45) is 11.1. The molecular formula is C28H28O. The summed E-state index contributed by atoms with van der Waals surface area (Å²) in [7, 11) is 0. The fourth-order valence-electron chi connectivity index (χ4n) is 4.63. The molecular weight excluding hydrogens is 352 g/mol. The molecule has 0 saturated carbocycles. The second kappa shape index (κ2) is 7.91. The number of benzene rings is 4. The molecule has 0 bridgehead atoms. The van der Waals surface area contributed by atoms with Gasteiger partial charge in [-0.1, -0.05) is 75.4 Å². The Morgan fingerprint density at radius 1 is 0.586 bits per heavy atom. The van der Waals surface area contributed by atoms with E-state index in [1.54, 1.807) is 6.26 Å². The lowest BCUT2D eigenvalue weighted by atomic mass is 9.96. The van der Waals surface area contributed by atoms with Gasteiger partial charge in [0.15, 0.2) is 0 Å². The van der Waals surface area contributed by atoms with Gasteiger partial charge in [-0.05, 0) is 69.6 Å². The Kier molecular flexibility index (Phi) is 4.97. The summed E-state index contributed by atoms with van der Waals surface area (Å²) in [6, 6.07) is 22.6. The standard InChI is InChI=1S/C28H28O/c1-2-3-4-5-6-7-8-20-9-10-22-19-27-23(18-24(22)17-20)12-14-26-25(27)13-11-21-15-16-29-28(21)26/h9-19H,2-8H2,1H3. The van der Waals surface area contributed by atoms with E-state index < -0.39 is 0 Å². The summed E-state index contributed by atoms with van der Waals surface area (Å²) in [4.78, 5) is 0. The van der Waals surface area contributed by atoms with Gasteiger partial charge in [0.1, 0.15) is 5.58 Å². The monoisotopic (exact) mass is 380 g/mol. The zero-order valence-electron chi connectivity index (χ0n) is 17.2. The van der Waals surface area contributed by atoms with E-state index in [2.05, 4.69) is 61.5 Å². The predicted molar refractivity (Wildman–Crippen MR) is 126 cm³/mol. The van der Waals surface area contributed by atoms with Crippen molar-refractivity contribution in [2.45, 2.75) is 51.9 Å². The lowest BCUT2D eigenvalue weighted by molar-refractivity contribution is 0.607. The van der Waals surface area contributed by atoms with Crippen molar-refractivity contribution in [3.8, 4) is 0 Å². The number of hydrogen-bond acceptors (Lipinski definition) is 1. The molecule has 0 amide bonds. The Labute approximate surface area is 172 Å². The normalized spacial score (nSPS) is 11.9. The lowest BCUT2D eigenvalue weighted by Gasteiger charge is -2.09. The van der Waals surface area contributed by atoms with E-state index in [9.17, 15) is 0 Å². The summed E-state index contributed by atoms with van der Waals surface area (Å²) in [5.41, 5.74) is 2.45. The number of furan rings is 1. The van der Waals surface area contributed by atoms with Crippen molar-refractivity contribution >= 4 is 43.3 Å². The molecule has 1 heteroatoms. The molecule has 1 heterocycles. The highest BCUT2D eigenvalue weighted by molar-refractivity contribution is 6.17. The van der Waals surface area contributed by atoms with E-state index in [1.165, 1.54) is 82.8 Å². The van der Waals surface area contributed by atoms with Gasteiger partial charge in [-0.25, -0.2) is 0 Å².